The molecule has 0 aliphatic carbocycles. The summed E-state index contributed by atoms with van der Waals surface area (Å²) in [6, 6.07) is 6.20. The van der Waals surface area contributed by atoms with Crippen LogP contribution in [0.15, 0.2) is 33.5 Å². The predicted molar refractivity (Wildman–Crippen MR) is 108 cm³/mol. The Kier molecular flexibility index (Phi) is 3.58. The van der Waals surface area contributed by atoms with Crippen molar-refractivity contribution >= 4 is 50.0 Å². The van der Waals surface area contributed by atoms with Crippen LogP contribution in [0.5, 0.6) is 0 Å². The molecule has 26 heavy (non-hydrogen) atoms. The Morgan fingerprint density at radius 1 is 1.38 bits per heavy atom. The molecule has 0 saturated carbocycles. The molecule has 132 valence electrons. The molecule has 3 aromatic heterocycles. The second-order valence-electron chi connectivity index (χ2n) is 6.39. The molecule has 6 nitrogen and oxygen atoms in total. The molecule has 1 aromatic carbocycles. The Balaban J connectivity index is 1.66. The zero-order valence-corrected chi connectivity index (χ0v) is 16.1. The van der Waals surface area contributed by atoms with Crippen LogP contribution in [0.25, 0.3) is 21.3 Å². The van der Waals surface area contributed by atoms with E-state index in [0.717, 1.165) is 38.6 Å². The number of hydrogen-bond donors (Lipinski definition) is 1. The molecule has 0 amide bonds. The van der Waals surface area contributed by atoms with Gasteiger partial charge in [0.2, 0.25) is 0 Å². The normalized spacial score (nSPS) is 13.5. The number of fused-ring (bicyclic) bond motifs is 4. The Morgan fingerprint density at radius 2 is 2.27 bits per heavy atom. The molecule has 5 rings (SSSR count). The third-order valence-corrected chi connectivity index (χ3v) is 7.03. The second-order valence-corrected chi connectivity index (χ2v) is 8.44. The first-order valence-electron chi connectivity index (χ1n) is 8.41. The highest BCUT2D eigenvalue weighted by molar-refractivity contribution is 8.00. The van der Waals surface area contributed by atoms with Crippen molar-refractivity contribution in [1.29, 1.82) is 0 Å². The molecule has 0 bridgehead atoms. The summed E-state index contributed by atoms with van der Waals surface area (Å²) in [7, 11) is 1.91. The number of aromatic nitrogens is 4. The molecule has 4 heterocycles. The molecule has 1 N–H and O–H groups in total. The van der Waals surface area contributed by atoms with Gasteiger partial charge in [0.05, 0.1) is 17.4 Å². The van der Waals surface area contributed by atoms with E-state index in [0.29, 0.717) is 12.1 Å². The van der Waals surface area contributed by atoms with Crippen molar-refractivity contribution in [2.45, 2.75) is 17.3 Å². The van der Waals surface area contributed by atoms with Crippen LogP contribution in [0.4, 0.5) is 5.69 Å². The van der Waals surface area contributed by atoms with E-state index in [9.17, 15) is 4.79 Å². The number of aryl methyl sites for hydroxylation is 1. The van der Waals surface area contributed by atoms with Gasteiger partial charge in [0.1, 0.15) is 5.52 Å². The average Bonchev–Trinajstić information content (AvgIpc) is 3.34. The van der Waals surface area contributed by atoms with Gasteiger partial charge in [0.15, 0.2) is 9.99 Å². The first kappa shape index (κ1) is 15.9. The van der Waals surface area contributed by atoms with Gasteiger partial charge < -0.3 is 9.88 Å². The highest BCUT2D eigenvalue weighted by atomic mass is 32.2. The van der Waals surface area contributed by atoms with Gasteiger partial charge in [-0.15, -0.1) is 11.3 Å². The molecular weight excluding hydrogens is 366 g/mol. The minimum absolute atomic E-state index is 0.0653. The lowest BCUT2D eigenvalue weighted by molar-refractivity contribution is 0.641. The summed E-state index contributed by atoms with van der Waals surface area (Å²) < 4.78 is 5.51. The van der Waals surface area contributed by atoms with Crippen LogP contribution in [0.3, 0.4) is 0 Å². The van der Waals surface area contributed by atoms with Crippen LogP contribution in [-0.2, 0) is 20.0 Å². The fourth-order valence-electron chi connectivity index (χ4n) is 3.70. The van der Waals surface area contributed by atoms with E-state index in [-0.39, 0.29) is 5.56 Å². The number of nitrogens with zero attached hydrogens (tertiary/aromatic N) is 4. The van der Waals surface area contributed by atoms with Crippen molar-refractivity contribution in [3.63, 3.8) is 0 Å². The molecule has 0 saturated heterocycles. The number of thioether (sulfide) groups is 1. The number of hydrogen-bond acceptors (Lipinski definition) is 6. The summed E-state index contributed by atoms with van der Waals surface area (Å²) in [6.45, 7) is 1.44. The monoisotopic (exact) mass is 383 g/mol. The average molecular weight is 384 g/mol. The largest absolute Gasteiger partial charge is 0.384 e. The van der Waals surface area contributed by atoms with Crippen LogP contribution in [0, 0.1) is 0 Å². The third kappa shape index (κ3) is 2.22. The third-order valence-electron chi connectivity index (χ3n) is 4.96. The number of anilines is 1. The van der Waals surface area contributed by atoms with Crippen molar-refractivity contribution in [3.8, 4) is 0 Å². The van der Waals surface area contributed by atoms with E-state index >= 15 is 0 Å². The quantitative estimate of drug-likeness (QED) is 0.551. The second kappa shape index (κ2) is 5.85. The van der Waals surface area contributed by atoms with Gasteiger partial charge in [0.25, 0.3) is 5.56 Å². The molecule has 1 aliphatic rings. The number of thiazole rings is 1. The fourth-order valence-corrected chi connectivity index (χ4v) is 5.30. The van der Waals surface area contributed by atoms with Crippen LogP contribution in [-0.4, -0.2) is 32.1 Å². The smallest absolute Gasteiger partial charge is 0.291 e. The topological polar surface area (TPSA) is 64.7 Å². The number of benzene rings is 1. The minimum Gasteiger partial charge on any atom is -0.384 e. The minimum atomic E-state index is -0.0653. The van der Waals surface area contributed by atoms with E-state index in [1.165, 1.54) is 11.3 Å². The maximum Gasteiger partial charge on any atom is 0.291 e. The van der Waals surface area contributed by atoms with Crippen molar-refractivity contribution < 1.29 is 0 Å². The van der Waals surface area contributed by atoms with E-state index < -0.39 is 0 Å². The van der Waals surface area contributed by atoms with Gasteiger partial charge in [-0.05, 0) is 29.9 Å². The molecule has 0 atom stereocenters. The maximum atomic E-state index is 13.1. The number of rotatable bonds is 3. The Labute approximate surface area is 157 Å². The summed E-state index contributed by atoms with van der Waals surface area (Å²) in [5.74, 6) is 0. The SMILES string of the molecule is CSc1nc2c(s1)c1cnn(Cc3cccc4c3CCN4)c(=O)c1n2C. The maximum absolute atomic E-state index is 13.1. The highest BCUT2D eigenvalue weighted by Gasteiger charge is 2.19. The molecule has 0 radical (unpaired) electrons. The molecule has 8 heteroatoms. The lowest BCUT2D eigenvalue weighted by atomic mass is 10.1. The fraction of sp³-hybridized carbons (Fsp3) is 0.278. The summed E-state index contributed by atoms with van der Waals surface area (Å²) in [6.07, 6.45) is 4.81. The van der Waals surface area contributed by atoms with E-state index in [1.807, 2.05) is 30.1 Å². The highest BCUT2D eigenvalue weighted by Crippen LogP contribution is 2.34. The first-order valence-corrected chi connectivity index (χ1v) is 10.4. The van der Waals surface area contributed by atoms with Gasteiger partial charge in [0, 0.05) is 24.7 Å². The summed E-state index contributed by atoms with van der Waals surface area (Å²) in [5, 5.41) is 8.74. The zero-order chi connectivity index (χ0) is 17.8. The van der Waals surface area contributed by atoms with Gasteiger partial charge in [-0.3, -0.25) is 4.79 Å². The van der Waals surface area contributed by atoms with Crippen molar-refractivity contribution in [3.05, 3.63) is 45.9 Å². The van der Waals surface area contributed by atoms with Gasteiger partial charge in [-0.1, -0.05) is 23.9 Å². The van der Waals surface area contributed by atoms with Crippen molar-refractivity contribution in [1.82, 2.24) is 19.3 Å². The Hall–Kier alpha value is -2.32. The lowest BCUT2D eigenvalue weighted by Crippen LogP contribution is -2.25. The number of nitrogens with one attached hydrogen (secondary N) is 1. The lowest BCUT2D eigenvalue weighted by Gasteiger charge is -2.09. The van der Waals surface area contributed by atoms with Crippen LogP contribution >= 0.6 is 23.1 Å². The predicted octanol–water partition coefficient (Wildman–Crippen LogP) is 3.08. The van der Waals surface area contributed by atoms with Gasteiger partial charge in [-0.25, -0.2) is 9.67 Å². The Morgan fingerprint density at radius 3 is 3.12 bits per heavy atom. The van der Waals surface area contributed by atoms with Crippen LogP contribution in [0.1, 0.15) is 11.1 Å². The molecule has 4 aromatic rings. The van der Waals surface area contributed by atoms with Gasteiger partial charge >= 0.3 is 0 Å². The summed E-state index contributed by atoms with van der Waals surface area (Å²) in [5.41, 5.74) is 5.08. The summed E-state index contributed by atoms with van der Waals surface area (Å²) in [4.78, 5) is 17.7. The molecule has 0 spiro atoms. The molecule has 0 unspecified atom stereocenters. The standard InChI is InChI=1S/C18H17N5OS2/c1-22-14-12(15-16(22)21-18(25-2)26-15)8-20-23(17(14)24)9-10-4-3-5-13-11(10)6-7-19-13/h3-5,8,19H,6-7,9H2,1-2H3. The van der Waals surface area contributed by atoms with E-state index in [4.69, 9.17) is 0 Å². The van der Waals surface area contributed by atoms with E-state index in [2.05, 4.69) is 27.5 Å². The van der Waals surface area contributed by atoms with Crippen molar-refractivity contribution in [2.75, 3.05) is 18.1 Å². The van der Waals surface area contributed by atoms with Crippen LogP contribution in [0.2, 0.25) is 0 Å². The van der Waals surface area contributed by atoms with E-state index in [1.54, 1.807) is 27.8 Å². The molecule has 0 fully saturated rings. The molecule has 1 aliphatic heterocycles. The van der Waals surface area contributed by atoms with Crippen LogP contribution < -0.4 is 10.9 Å². The molecular formula is C18H17N5OS2. The van der Waals surface area contributed by atoms with Gasteiger partial charge in [-0.2, -0.15) is 5.10 Å². The van der Waals surface area contributed by atoms with Crippen molar-refractivity contribution in [2.24, 2.45) is 7.05 Å². The zero-order valence-electron chi connectivity index (χ0n) is 14.4. The summed E-state index contributed by atoms with van der Waals surface area (Å²) >= 11 is 3.24. The Bertz CT molecular complexity index is 1220. The first-order chi connectivity index (χ1) is 12.7.